The molecule has 36 heavy (non-hydrogen) atoms. The molecule has 0 bridgehead atoms. The molecular formula is C28H35N7O. The maximum Gasteiger partial charge on any atom is 0.254 e. The van der Waals surface area contributed by atoms with E-state index in [1.807, 2.05) is 12.1 Å². The number of nitrogens with two attached hydrogens (primary N) is 2. The molecule has 1 aliphatic heterocycles. The molecule has 188 valence electrons. The van der Waals surface area contributed by atoms with Crippen LogP contribution in [0.2, 0.25) is 0 Å². The fourth-order valence-corrected chi connectivity index (χ4v) is 5.38. The first-order valence-corrected chi connectivity index (χ1v) is 12.9. The van der Waals surface area contributed by atoms with Crippen LogP contribution in [-0.4, -0.2) is 41.0 Å². The molecule has 7 N–H and O–H groups in total. The summed E-state index contributed by atoms with van der Waals surface area (Å²) in [6, 6.07) is 17.0. The summed E-state index contributed by atoms with van der Waals surface area (Å²) in [4.78, 5) is 21.1. The SMILES string of the molecule is NC(=O)c1cnc(N[C@@H]2CCCC[C@@H]2N)nc1Nc1cccc(-c2ccccc2C2CCNCC2)c1. The number of rotatable bonds is 7. The van der Waals surface area contributed by atoms with Gasteiger partial charge in [0.1, 0.15) is 11.4 Å². The first kappa shape index (κ1) is 24.2. The second-order valence-corrected chi connectivity index (χ2v) is 9.84. The fraction of sp³-hybridized carbons (Fsp3) is 0.393. The van der Waals surface area contributed by atoms with Crippen LogP contribution in [0.15, 0.2) is 54.7 Å². The van der Waals surface area contributed by atoms with Crippen LogP contribution in [0.4, 0.5) is 17.5 Å². The van der Waals surface area contributed by atoms with E-state index in [1.165, 1.54) is 17.3 Å². The zero-order chi connectivity index (χ0) is 24.9. The molecule has 2 aromatic carbocycles. The Morgan fingerprint density at radius 2 is 1.81 bits per heavy atom. The number of primary amides is 1. The van der Waals surface area contributed by atoms with Crippen molar-refractivity contribution in [2.75, 3.05) is 23.7 Å². The molecule has 2 fully saturated rings. The van der Waals surface area contributed by atoms with Gasteiger partial charge in [-0.15, -0.1) is 0 Å². The number of nitrogens with one attached hydrogen (secondary N) is 3. The number of hydrogen-bond acceptors (Lipinski definition) is 7. The number of hydrogen-bond donors (Lipinski definition) is 5. The van der Waals surface area contributed by atoms with Gasteiger partial charge in [0, 0.05) is 24.0 Å². The van der Waals surface area contributed by atoms with Gasteiger partial charge in [-0.25, -0.2) is 4.98 Å². The Balaban J connectivity index is 1.42. The third kappa shape index (κ3) is 5.50. The standard InChI is InChI=1S/C28H35N7O/c29-24-10-3-4-11-25(24)34-28-32-17-23(26(30)36)27(35-28)33-20-7-5-6-19(16-20)22-9-2-1-8-21(22)18-12-14-31-15-13-18/h1-2,5-9,16-18,24-25,31H,3-4,10-15,29H2,(H2,30,36)(H2,32,33,34,35)/t24-,25+/m0/s1. The summed E-state index contributed by atoms with van der Waals surface area (Å²) in [6.07, 6.45) is 7.98. The van der Waals surface area contributed by atoms with Crippen LogP contribution in [0.25, 0.3) is 11.1 Å². The van der Waals surface area contributed by atoms with Crippen molar-refractivity contribution in [1.29, 1.82) is 0 Å². The lowest BCUT2D eigenvalue weighted by Gasteiger charge is -2.29. The van der Waals surface area contributed by atoms with E-state index in [-0.39, 0.29) is 17.6 Å². The van der Waals surface area contributed by atoms with Crippen molar-refractivity contribution < 1.29 is 4.79 Å². The van der Waals surface area contributed by atoms with Gasteiger partial charge in [-0.2, -0.15) is 4.98 Å². The van der Waals surface area contributed by atoms with E-state index in [2.05, 4.69) is 62.3 Å². The zero-order valence-corrected chi connectivity index (χ0v) is 20.5. The quantitative estimate of drug-likeness (QED) is 0.340. The molecule has 3 aromatic rings. The summed E-state index contributed by atoms with van der Waals surface area (Å²) < 4.78 is 0. The molecule has 1 saturated carbocycles. The molecule has 2 aliphatic rings. The third-order valence-corrected chi connectivity index (χ3v) is 7.36. The molecule has 0 radical (unpaired) electrons. The number of piperidine rings is 1. The minimum atomic E-state index is -0.578. The van der Waals surface area contributed by atoms with Gasteiger partial charge in [0.25, 0.3) is 5.91 Å². The van der Waals surface area contributed by atoms with Crippen molar-refractivity contribution >= 4 is 23.4 Å². The molecule has 8 heteroatoms. The summed E-state index contributed by atoms with van der Waals surface area (Å²) in [7, 11) is 0. The molecule has 2 atom stereocenters. The number of carbonyl (C=O) groups excluding carboxylic acids is 1. The molecule has 8 nitrogen and oxygen atoms in total. The maximum absolute atomic E-state index is 12.1. The Kier molecular flexibility index (Phi) is 7.44. The molecule has 2 heterocycles. The van der Waals surface area contributed by atoms with Crippen LogP contribution in [0, 0.1) is 0 Å². The van der Waals surface area contributed by atoms with E-state index in [0.29, 0.717) is 17.7 Å². The largest absolute Gasteiger partial charge is 0.365 e. The first-order valence-electron chi connectivity index (χ1n) is 12.9. The van der Waals surface area contributed by atoms with Gasteiger partial charge in [0.2, 0.25) is 5.95 Å². The van der Waals surface area contributed by atoms with E-state index in [4.69, 9.17) is 11.5 Å². The van der Waals surface area contributed by atoms with Crippen molar-refractivity contribution in [3.63, 3.8) is 0 Å². The van der Waals surface area contributed by atoms with Gasteiger partial charge in [0.15, 0.2) is 0 Å². The first-order chi connectivity index (χ1) is 17.6. The summed E-state index contributed by atoms with van der Waals surface area (Å²) in [5.41, 5.74) is 16.7. The number of anilines is 3. The summed E-state index contributed by atoms with van der Waals surface area (Å²) in [6.45, 7) is 2.10. The highest BCUT2D eigenvalue weighted by molar-refractivity contribution is 5.98. The highest BCUT2D eigenvalue weighted by Crippen LogP contribution is 2.35. The molecule has 1 amide bonds. The molecule has 0 spiro atoms. The number of carbonyl (C=O) groups is 1. The lowest BCUT2D eigenvalue weighted by Crippen LogP contribution is -2.43. The van der Waals surface area contributed by atoms with E-state index in [1.54, 1.807) is 0 Å². The van der Waals surface area contributed by atoms with Crippen LogP contribution in [0.3, 0.4) is 0 Å². The molecule has 5 rings (SSSR count). The Morgan fingerprint density at radius 3 is 2.61 bits per heavy atom. The Bertz CT molecular complexity index is 1210. The van der Waals surface area contributed by atoms with Crippen molar-refractivity contribution in [2.24, 2.45) is 11.5 Å². The van der Waals surface area contributed by atoms with Crippen LogP contribution >= 0.6 is 0 Å². The molecular weight excluding hydrogens is 450 g/mol. The number of aromatic nitrogens is 2. The molecule has 1 aromatic heterocycles. The smallest absolute Gasteiger partial charge is 0.254 e. The van der Waals surface area contributed by atoms with Gasteiger partial charge < -0.3 is 27.4 Å². The third-order valence-electron chi connectivity index (χ3n) is 7.36. The van der Waals surface area contributed by atoms with Crippen LogP contribution in [0.1, 0.15) is 60.4 Å². The molecule has 1 saturated heterocycles. The number of amides is 1. The van der Waals surface area contributed by atoms with Crippen LogP contribution in [0.5, 0.6) is 0 Å². The summed E-state index contributed by atoms with van der Waals surface area (Å²) in [5, 5.41) is 10.1. The van der Waals surface area contributed by atoms with Crippen molar-refractivity contribution in [3.05, 3.63) is 65.9 Å². The Hall–Kier alpha value is -3.49. The topological polar surface area (TPSA) is 131 Å². The lowest BCUT2D eigenvalue weighted by molar-refractivity contribution is 0.100. The van der Waals surface area contributed by atoms with E-state index < -0.39 is 5.91 Å². The van der Waals surface area contributed by atoms with Gasteiger partial charge in [-0.05, 0) is 73.5 Å². The van der Waals surface area contributed by atoms with Crippen molar-refractivity contribution in [3.8, 4) is 11.1 Å². The normalized spacial score (nSPS) is 20.6. The molecule has 0 unspecified atom stereocenters. The van der Waals surface area contributed by atoms with E-state index in [9.17, 15) is 4.79 Å². The predicted octanol–water partition coefficient (Wildman–Crippen LogP) is 4.13. The van der Waals surface area contributed by atoms with E-state index >= 15 is 0 Å². The fourth-order valence-electron chi connectivity index (χ4n) is 5.38. The average Bonchev–Trinajstić information content (AvgIpc) is 2.91. The second-order valence-electron chi connectivity index (χ2n) is 9.84. The van der Waals surface area contributed by atoms with Crippen molar-refractivity contribution in [1.82, 2.24) is 15.3 Å². The van der Waals surface area contributed by atoms with Crippen LogP contribution in [-0.2, 0) is 0 Å². The predicted molar refractivity (Wildman–Crippen MR) is 144 cm³/mol. The minimum absolute atomic E-state index is 0.0614. The number of benzene rings is 2. The van der Waals surface area contributed by atoms with Gasteiger partial charge in [0.05, 0.1) is 0 Å². The Morgan fingerprint density at radius 1 is 1.00 bits per heavy atom. The lowest BCUT2D eigenvalue weighted by atomic mass is 9.85. The van der Waals surface area contributed by atoms with Crippen LogP contribution < -0.4 is 27.4 Å². The number of nitrogens with zero attached hydrogens (tertiary/aromatic N) is 2. The molecule has 1 aliphatic carbocycles. The van der Waals surface area contributed by atoms with Gasteiger partial charge >= 0.3 is 0 Å². The maximum atomic E-state index is 12.1. The summed E-state index contributed by atoms with van der Waals surface area (Å²) in [5.74, 6) is 0.790. The zero-order valence-electron chi connectivity index (χ0n) is 20.5. The average molecular weight is 486 g/mol. The second kappa shape index (κ2) is 11.1. The monoisotopic (exact) mass is 485 g/mol. The minimum Gasteiger partial charge on any atom is -0.365 e. The van der Waals surface area contributed by atoms with Crippen molar-refractivity contribution in [2.45, 2.75) is 56.5 Å². The van der Waals surface area contributed by atoms with Gasteiger partial charge in [-0.1, -0.05) is 49.2 Å². The summed E-state index contributed by atoms with van der Waals surface area (Å²) >= 11 is 0. The van der Waals surface area contributed by atoms with E-state index in [0.717, 1.165) is 62.9 Å². The highest BCUT2D eigenvalue weighted by atomic mass is 16.1. The Labute approximate surface area is 212 Å². The van der Waals surface area contributed by atoms with Gasteiger partial charge in [-0.3, -0.25) is 4.79 Å². The highest BCUT2D eigenvalue weighted by Gasteiger charge is 2.23.